The van der Waals surface area contributed by atoms with Gasteiger partial charge in [-0.1, -0.05) is 19.1 Å². The SMILES string of the molecule is CCC(NC(=O)N1CC(=O)NC2=C1N=CCC2)c1ccc(N2CCC2)cc1. The Bertz CT molecular complexity index is 795. The number of amides is 3. The molecule has 1 unspecified atom stereocenters. The molecule has 3 aliphatic rings. The van der Waals surface area contributed by atoms with Gasteiger partial charge in [0, 0.05) is 25.0 Å². The van der Waals surface area contributed by atoms with Gasteiger partial charge in [-0.3, -0.25) is 9.69 Å². The van der Waals surface area contributed by atoms with E-state index in [1.54, 1.807) is 6.21 Å². The number of allylic oxidation sites excluding steroid dienone is 1. The molecule has 3 aliphatic heterocycles. The van der Waals surface area contributed by atoms with Crippen LogP contribution in [0.2, 0.25) is 0 Å². The minimum absolute atomic E-state index is 0.00760. The third-order valence-corrected chi connectivity index (χ3v) is 5.32. The van der Waals surface area contributed by atoms with Crippen LogP contribution in [0.1, 0.15) is 44.2 Å². The van der Waals surface area contributed by atoms with E-state index in [0.717, 1.165) is 37.2 Å². The highest BCUT2D eigenvalue weighted by Crippen LogP contribution is 2.26. The highest BCUT2D eigenvalue weighted by Gasteiger charge is 2.31. The van der Waals surface area contributed by atoms with Crippen molar-refractivity contribution in [2.45, 2.75) is 38.6 Å². The van der Waals surface area contributed by atoms with Crippen LogP contribution in [0, 0.1) is 0 Å². The van der Waals surface area contributed by atoms with Crippen LogP contribution in [0.5, 0.6) is 0 Å². The first-order valence-electron chi connectivity index (χ1n) is 9.64. The number of hydrogen-bond acceptors (Lipinski definition) is 4. The van der Waals surface area contributed by atoms with E-state index in [2.05, 4.69) is 44.8 Å². The molecular weight excluding hydrogens is 342 g/mol. The number of nitrogens with zero attached hydrogens (tertiary/aromatic N) is 3. The third-order valence-electron chi connectivity index (χ3n) is 5.32. The minimum Gasteiger partial charge on any atom is -0.371 e. The molecule has 0 aliphatic carbocycles. The number of anilines is 1. The molecule has 27 heavy (non-hydrogen) atoms. The minimum atomic E-state index is -0.282. The molecule has 2 N–H and O–H groups in total. The number of carbonyl (C=O) groups excluding carboxylic acids is 2. The number of carbonyl (C=O) groups is 2. The van der Waals surface area contributed by atoms with Gasteiger partial charge in [-0.2, -0.15) is 0 Å². The van der Waals surface area contributed by atoms with Gasteiger partial charge in [-0.05, 0) is 43.4 Å². The predicted octanol–water partition coefficient (Wildman–Crippen LogP) is 2.52. The molecule has 1 aromatic rings. The molecule has 4 rings (SSSR count). The molecule has 7 heteroatoms. The quantitative estimate of drug-likeness (QED) is 0.858. The smallest absolute Gasteiger partial charge is 0.324 e. The number of urea groups is 1. The van der Waals surface area contributed by atoms with Crippen LogP contribution in [0.4, 0.5) is 10.5 Å². The molecule has 3 heterocycles. The molecule has 0 radical (unpaired) electrons. The Labute approximate surface area is 159 Å². The number of nitrogens with one attached hydrogen (secondary N) is 2. The third kappa shape index (κ3) is 3.54. The average molecular weight is 367 g/mol. The normalized spacial score (nSPS) is 20.0. The van der Waals surface area contributed by atoms with Crippen molar-refractivity contribution < 1.29 is 9.59 Å². The highest BCUT2D eigenvalue weighted by atomic mass is 16.2. The van der Waals surface area contributed by atoms with E-state index >= 15 is 0 Å². The lowest BCUT2D eigenvalue weighted by Gasteiger charge is -2.34. The Kier molecular flexibility index (Phi) is 4.83. The highest BCUT2D eigenvalue weighted by molar-refractivity contribution is 5.89. The van der Waals surface area contributed by atoms with Crippen LogP contribution >= 0.6 is 0 Å². The summed E-state index contributed by atoms with van der Waals surface area (Å²) in [4.78, 5) is 33.0. The Morgan fingerprint density at radius 1 is 1.30 bits per heavy atom. The van der Waals surface area contributed by atoms with Crippen molar-refractivity contribution >= 4 is 23.8 Å². The fourth-order valence-electron chi connectivity index (χ4n) is 3.63. The lowest BCUT2D eigenvalue weighted by atomic mass is 10.0. The maximum atomic E-state index is 12.9. The van der Waals surface area contributed by atoms with E-state index in [-0.39, 0.29) is 24.5 Å². The summed E-state index contributed by atoms with van der Waals surface area (Å²) >= 11 is 0. The van der Waals surface area contributed by atoms with Gasteiger partial charge in [0.25, 0.3) is 0 Å². The van der Waals surface area contributed by atoms with Crippen molar-refractivity contribution in [2.75, 3.05) is 24.5 Å². The van der Waals surface area contributed by atoms with Crippen molar-refractivity contribution in [3.63, 3.8) is 0 Å². The van der Waals surface area contributed by atoms with Gasteiger partial charge in [0.1, 0.15) is 6.54 Å². The molecule has 0 spiro atoms. The maximum Gasteiger partial charge on any atom is 0.324 e. The zero-order valence-electron chi connectivity index (χ0n) is 15.6. The van der Waals surface area contributed by atoms with Crippen molar-refractivity contribution in [2.24, 2.45) is 4.99 Å². The van der Waals surface area contributed by atoms with Gasteiger partial charge in [0.05, 0.1) is 11.7 Å². The van der Waals surface area contributed by atoms with Crippen LogP contribution < -0.4 is 15.5 Å². The zero-order valence-corrected chi connectivity index (χ0v) is 15.6. The Balaban J connectivity index is 1.48. The first-order valence-corrected chi connectivity index (χ1v) is 9.64. The standard InChI is InChI=1S/C20H25N5O2/c1-2-16(14-6-8-15(9-7-14)24-11-4-12-24)23-20(27)25-13-18(26)22-17-5-3-10-21-19(17)25/h6-10,16H,2-5,11-13H2,1H3,(H,22,26)(H,23,27). The number of rotatable bonds is 4. The van der Waals surface area contributed by atoms with Gasteiger partial charge < -0.3 is 15.5 Å². The van der Waals surface area contributed by atoms with Crippen molar-refractivity contribution in [3.05, 3.63) is 41.3 Å². The molecule has 7 nitrogen and oxygen atoms in total. The van der Waals surface area contributed by atoms with E-state index in [9.17, 15) is 9.59 Å². The molecule has 1 atom stereocenters. The van der Waals surface area contributed by atoms with Crippen LogP contribution in [0.15, 0.2) is 40.8 Å². The van der Waals surface area contributed by atoms with Crippen LogP contribution in [0.3, 0.4) is 0 Å². The van der Waals surface area contributed by atoms with E-state index in [1.165, 1.54) is 17.0 Å². The van der Waals surface area contributed by atoms with Crippen LogP contribution in [-0.2, 0) is 4.79 Å². The van der Waals surface area contributed by atoms with Crippen molar-refractivity contribution in [1.29, 1.82) is 0 Å². The van der Waals surface area contributed by atoms with Gasteiger partial charge in [0.2, 0.25) is 5.91 Å². The maximum absolute atomic E-state index is 12.9. The second kappa shape index (κ2) is 7.42. The molecule has 1 fully saturated rings. The monoisotopic (exact) mass is 367 g/mol. The molecule has 0 saturated carbocycles. The molecular formula is C20H25N5O2. The summed E-state index contributed by atoms with van der Waals surface area (Å²) in [6.45, 7) is 4.26. The van der Waals surface area contributed by atoms with E-state index in [0.29, 0.717) is 12.2 Å². The summed E-state index contributed by atoms with van der Waals surface area (Å²) in [5, 5.41) is 5.90. The van der Waals surface area contributed by atoms with Gasteiger partial charge >= 0.3 is 6.03 Å². The first kappa shape index (κ1) is 17.6. The van der Waals surface area contributed by atoms with Crippen molar-refractivity contribution in [1.82, 2.24) is 15.5 Å². The summed E-state index contributed by atoms with van der Waals surface area (Å²) in [7, 11) is 0. The summed E-state index contributed by atoms with van der Waals surface area (Å²) in [5.41, 5.74) is 3.03. The zero-order chi connectivity index (χ0) is 18.8. The van der Waals surface area contributed by atoms with E-state index in [1.807, 2.05) is 6.92 Å². The molecule has 1 aromatic carbocycles. The van der Waals surface area contributed by atoms with Gasteiger partial charge in [-0.15, -0.1) is 0 Å². The van der Waals surface area contributed by atoms with E-state index in [4.69, 9.17) is 0 Å². The Morgan fingerprint density at radius 3 is 2.74 bits per heavy atom. The second-order valence-corrected chi connectivity index (χ2v) is 7.13. The van der Waals surface area contributed by atoms with Crippen LogP contribution in [-0.4, -0.2) is 42.7 Å². The summed E-state index contributed by atoms with van der Waals surface area (Å²) in [6, 6.07) is 8.00. The fraction of sp³-hybridized carbons (Fsp3) is 0.450. The number of aliphatic imine (C=N–C) groups is 1. The average Bonchev–Trinajstić information content (AvgIpc) is 2.64. The lowest BCUT2D eigenvalue weighted by molar-refractivity contribution is -0.121. The molecule has 0 bridgehead atoms. The summed E-state index contributed by atoms with van der Waals surface area (Å²) < 4.78 is 0. The Hall–Kier alpha value is -2.83. The number of hydrogen-bond donors (Lipinski definition) is 2. The second-order valence-electron chi connectivity index (χ2n) is 7.13. The topological polar surface area (TPSA) is 77.0 Å². The molecule has 1 saturated heterocycles. The van der Waals surface area contributed by atoms with Gasteiger partial charge in [-0.25, -0.2) is 9.79 Å². The molecule has 0 aromatic heterocycles. The van der Waals surface area contributed by atoms with Gasteiger partial charge in [0.15, 0.2) is 5.82 Å². The predicted molar refractivity (Wildman–Crippen MR) is 104 cm³/mol. The summed E-state index contributed by atoms with van der Waals surface area (Å²) in [5.74, 6) is 0.384. The molecule has 3 amide bonds. The molecule has 142 valence electrons. The largest absolute Gasteiger partial charge is 0.371 e. The fourth-order valence-corrected chi connectivity index (χ4v) is 3.63. The van der Waals surface area contributed by atoms with E-state index < -0.39 is 0 Å². The number of benzene rings is 1. The Morgan fingerprint density at radius 2 is 2.07 bits per heavy atom. The summed E-state index contributed by atoms with van der Waals surface area (Å²) in [6.07, 6.45) is 5.28. The van der Waals surface area contributed by atoms with Crippen LogP contribution in [0.25, 0.3) is 0 Å². The lowest BCUT2D eigenvalue weighted by Crippen LogP contribution is -2.50. The first-order chi connectivity index (χ1) is 13.2. The van der Waals surface area contributed by atoms with Crippen molar-refractivity contribution in [3.8, 4) is 0 Å².